The van der Waals surface area contributed by atoms with Crippen molar-refractivity contribution in [1.82, 2.24) is 15.3 Å². The summed E-state index contributed by atoms with van der Waals surface area (Å²) in [6.07, 6.45) is 0. The molecule has 0 fully saturated rings. The first-order valence-corrected chi connectivity index (χ1v) is 7.61. The molecule has 0 aliphatic heterocycles. The topological polar surface area (TPSA) is 67.0 Å². The first-order chi connectivity index (χ1) is 9.58. The lowest BCUT2D eigenvalue weighted by Gasteiger charge is -2.06. The van der Waals surface area contributed by atoms with Crippen molar-refractivity contribution in [2.45, 2.75) is 32.0 Å². The van der Waals surface area contributed by atoms with Gasteiger partial charge in [-0.2, -0.15) is 0 Å². The van der Waals surface area contributed by atoms with Crippen molar-refractivity contribution in [3.05, 3.63) is 18.2 Å². The van der Waals surface area contributed by atoms with Gasteiger partial charge in [-0.25, -0.2) is 4.98 Å². The molecule has 2 rings (SSSR count). The monoisotopic (exact) mass is 293 g/mol. The second kappa shape index (κ2) is 6.65. The predicted octanol–water partition coefficient (Wildman–Crippen LogP) is 2.58. The number of aromatic nitrogens is 2. The van der Waals surface area contributed by atoms with E-state index in [4.69, 9.17) is 4.74 Å². The van der Waals surface area contributed by atoms with E-state index in [1.165, 1.54) is 11.8 Å². The lowest BCUT2D eigenvalue weighted by atomic mass is 10.3. The highest BCUT2D eigenvalue weighted by Crippen LogP contribution is 2.23. The van der Waals surface area contributed by atoms with Crippen LogP contribution in [0.4, 0.5) is 0 Å². The van der Waals surface area contributed by atoms with E-state index in [9.17, 15) is 4.79 Å². The Labute approximate surface area is 122 Å². The van der Waals surface area contributed by atoms with Gasteiger partial charge in [0, 0.05) is 12.1 Å². The number of hydrogen-bond acceptors (Lipinski definition) is 4. The average Bonchev–Trinajstić information content (AvgIpc) is 2.78. The molecule has 6 heteroatoms. The molecule has 108 valence electrons. The fourth-order valence-electron chi connectivity index (χ4n) is 1.79. The minimum absolute atomic E-state index is 0.0143. The number of H-pyrrole nitrogens is 1. The quantitative estimate of drug-likeness (QED) is 0.803. The van der Waals surface area contributed by atoms with Crippen LogP contribution in [0.3, 0.4) is 0 Å². The Morgan fingerprint density at radius 3 is 3.00 bits per heavy atom. The van der Waals surface area contributed by atoms with Crippen molar-refractivity contribution in [2.24, 2.45) is 0 Å². The van der Waals surface area contributed by atoms with Crippen LogP contribution in [0.1, 0.15) is 20.8 Å². The van der Waals surface area contributed by atoms with Crippen LogP contribution < -0.4 is 10.1 Å². The SMILES string of the molecule is CCOc1ccc2nc(SCC(=O)NC(C)C)[nH]c2c1. The number of imidazole rings is 1. The number of carbonyl (C=O) groups excluding carboxylic acids is 1. The number of aromatic amines is 1. The lowest BCUT2D eigenvalue weighted by Crippen LogP contribution is -2.31. The third kappa shape index (κ3) is 3.90. The number of carbonyl (C=O) groups is 1. The zero-order valence-corrected chi connectivity index (χ0v) is 12.7. The zero-order valence-electron chi connectivity index (χ0n) is 11.9. The summed E-state index contributed by atoms with van der Waals surface area (Å²) in [5.74, 6) is 1.19. The molecule has 0 unspecified atom stereocenters. The van der Waals surface area contributed by atoms with Crippen molar-refractivity contribution < 1.29 is 9.53 Å². The van der Waals surface area contributed by atoms with Crippen LogP contribution in [0.25, 0.3) is 11.0 Å². The molecule has 2 N–H and O–H groups in total. The number of fused-ring (bicyclic) bond motifs is 1. The summed E-state index contributed by atoms with van der Waals surface area (Å²) in [6, 6.07) is 5.89. The van der Waals surface area contributed by atoms with Crippen molar-refractivity contribution in [3.63, 3.8) is 0 Å². The molecule has 1 heterocycles. The number of nitrogens with zero attached hydrogens (tertiary/aromatic N) is 1. The smallest absolute Gasteiger partial charge is 0.230 e. The summed E-state index contributed by atoms with van der Waals surface area (Å²) < 4.78 is 5.45. The van der Waals surface area contributed by atoms with E-state index >= 15 is 0 Å². The molecule has 1 aromatic carbocycles. The van der Waals surface area contributed by atoms with Gasteiger partial charge in [-0.05, 0) is 32.9 Å². The minimum atomic E-state index is 0.0143. The van der Waals surface area contributed by atoms with E-state index in [-0.39, 0.29) is 11.9 Å². The van der Waals surface area contributed by atoms with Gasteiger partial charge in [-0.15, -0.1) is 0 Å². The summed E-state index contributed by atoms with van der Waals surface area (Å²) >= 11 is 1.40. The third-order valence-corrected chi connectivity index (χ3v) is 3.41. The molecule has 0 bridgehead atoms. The zero-order chi connectivity index (χ0) is 14.5. The van der Waals surface area contributed by atoms with E-state index in [1.54, 1.807) is 0 Å². The molecule has 0 aliphatic rings. The average molecular weight is 293 g/mol. The van der Waals surface area contributed by atoms with Gasteiger partial charge in [0.25, 0.3) is 0 Å². The Hall–Kier alpha value is -1.69. The van der Waals surface area contributed by atoms with Gasteiger partial charge in [0.2, 0.25) is 5.91 Å². The molecule has 0 saturated heterocycles. The highest BCUT2D eigenvalue weighted by Gasteiger charge is 2.08. The van der Waals surface area contributed by atoms with E-state index in [1.807, 2.05) is 39.0 Å². The van der Waals surface area contributed by atoms with E-state index in [0.717, 1.165) is 21.9 Å². The van der Waals surface area contributed by atoms with Gasteiger partial charge >= 0.3 is 0 Å². The maximum atomic E-state index is 11.6. The Morgan fingerprint density at radius 2 is 2.30 bits per heavy atom. The molecule has 5 nitrogen and oxygen atoms in total. The Morgan fingerprint density at radius 1 is 1.50 bits per heavy atom. The van der Waals surface area contributed by atoms with E-state index < -0.39 is 0 Å². The Kier molecular flexibility index (Phi) is 4.89. The van der Waals surface area contributed by atoms with Crippen molar-refractivity contribution in [3.8, 4) is 5.75 Å². The van der Waals surface area contributed by atoms with Gasteiger partial charge in [0.1, 0.15) is 5.75 Å². The molecular weight excluding hydrogens is 274 g/mol. The number of thioether (sulfide) groups is 1. The molecule has 1 aromatic heterocycles. The number of amides is 1. The van der Waals surface area contributed by atoms with Crippen LogP contribution in [-0.2, 0) is 4.79 Å². The van der Waals surface area contributed by atoms with Gasteiger partial charge < -0.3 is 15.0 Å². The maximum absolute atomic E-state index is 11.6. The van der Waals surface area contributed by atoms with Crippen molar-refractivity contribution in [2.75, 3.05) is 12.4 Å². The predicted molar refractivity (Wildman–Crippen MR) is 81.3 cm³/mol. The van der Waals surface area contributed by atoms with Gasteiger partial charge in [0.15, 0.2) is 5.16 Å². The second-order valence-electron chi connectivity index (χ2n) is 4.66. The first-order valence-electron chi connectivity index (χ1n) is 6.63. The molecule has 1 amide bonds. The molecule has 0 radical (unpaired) electrons. The molecular formula is C14H19N3O2S. The fraction of sp³-hybridized carbons (Fsp3) is 0.429. The Balaban J connectivity index is 2.02. The molecule has 20 heavy (non-hydrogen) atoms. The largest absolute Gasteiger partial charge is 0.494 e. The molecule has 0 aliphatic carbocycles. The normalized spacial score (nSPS) is 11.0. The number of rotatable bonds is 6. The van der Waals surface area contributed by atoms with Crippen LogP contribution in [0.15, 0.2) is 23.4 Å². The molecule has 0 spiro atoms. The molecule has 0 atom stereocenters. The van der Waals surface area contributed by atoms with Crippen LogP contribution >= 0.6 is 11.8 Å². The number of hydrogen-bond donors (Lipinski definition) is 2. The summed E-state index contributed by atoms with van der Waals surface area (Å²) in [4.78, 5) is 19.2. The van der Waals surface area contributed by atoms with Crippen molar-refractivity contribution in [1.29, 1.82) is 0 Å². The lowest BCUT2D eigenvalue weighted by molar-refractivity contribution is -0.119. The van der Waals surface area contributed by atoms with Gasteiger partial charge in [-0.1, -0.05) is 11.8 Å². The van der Waals surface area contributed by atoms with Crippen LogP contribution in [0, 0.1) is 0 Å². The van der Waals surface area contributed by atoms with Crippen molar-refractivity contribution >= 4 is 28.7 Å². The number of ether oxygens (including phenoxy) is 1. The minimum Gasteiger partial charge on any atom is -0.494 e. The molecule has 0 saturated carbocycles. The highest BCUT2D eigenvalue weighted by atomic mass is 32.2. The standard InChI is InChI=1S/C14H19N3O2S/c1-4-19-10-5-6-11-12(7-10)17-14(16-11)20-8-13(18)15-9(2)3/h5-7,9H,4,8H2,1-3H3,(H,15,18)(H,16,17). The fourth-order valence-corrected chi connectivity index (χ4v) is 2.48. The Bertz CT molecular complexity index is 595. The van der Waals surface area contributed by atoms with Crippen LogP contribution in [0.5, 0.6) is 5.75 Å². The summed E-state index contributed by atoms with van der Waals surface area (Å²) in [5.41, 5.74) is 1.79. The third-order valence-electron chi connectivity index (χ3n) is 2.53. The molecule has 2 aromatic rings. The maximum Gasteiger partial charge on any atom is 0.230 e. The summed E-state index contributed by atoms with van der Waals surface area (Å²) in [5, 5.41) is 3.59. The van der Waals surface area contributed by atoms with E-state index in [2.05, 4.69) is 15.3 Å². The second-order valence-corrected chi connectivity index (χ2v) is 5.63. The summed E-state index contributed by atoms with van der Waals surface area (Å²) in [7, 11) is 0. The van der Waals surface area contributed by atoms with E-state index in [0.29, 0.717) is 12.4 Å². The van der Waals surface area contributed by atoms with Crippen LogP contribution in [0.2, 0.25) is 0 Å². The number of benzene rings is 1. The van der Waals surface area contributed by atoms with Gasteiger partial charge in [-0.3, -0.25) is 4.79 Å². The summed E-state index contributed by atoms with van der Waals surface area (Å²) in [6.45, 7) is 6.47. The van der Waals surface area contributed by atoms with Crippen LogP contribution in [-0.4, -0.2) is 34.3 Å². The first kappa shape index (κ1) is 14.7. The number of nitrogens with one attached hydrogen (secondary N) is 2. The van der Waals surface area contributed by atoms with Gasteiger partial charge in [0.05, 0.1) is 23.4 Å². The highest BCUT2D eigenvalue weighted by molar-refractivity contribution is 7.99.